The highest BCUT2D eigenvalue weighted by molar-refractivity contribution is 5.78. The second-order valence-corrected chi connectivity index (χ2v) is 6.72. The molecule has 0 saturated carbocycles. The lowest BCUT2D eigenvalue weighted by molar-refractivity contribution is -0.133. The quantitative estimate of drug-likeness (QED) is 0.619. The molecular formula is C20H23N5O3. The molecule has 0 atom stereocenters. The molecule has 4 rings (SSSR count). The fourth-order valence-electron chi connectivity index (χ4n) is 3.32. The van der Waals surface area contributed by atoms with Gasteiger partial charge in [0, 0.05) is 38.6 Å². The number of anilines is 1. The summed E-state index contributed by atoms with van der Waals surface area (Å²) in [5, 5.41) is 0. The molecule has 0 bridgehead atoms. The van der Waals surface area contributed by atoms with E-state index in [-0.39, 0.29) is 5.91 Å². The second-order valence-electron chi connectivity index (χ2n) is 6.72. The van der Waals surface area contributed by atoms with Crippen molar-refractivity contribution in [1.29, 1.82) is 0 Å². The van der Waals surface area contributed by atoms with Crippen LogP contribution in [0.5, 0.6) is 0 Å². The Morgan fingerprint density at radius 3 is 2.07 bits per heavy atom. The Hall–Kier alpha value is -3.13. The van der Waals surface area contributed by atoms with Gasteiger partial charge in [0.05, 0.1) is 32.2 Å². The molecule has 3 aromatic heterocycles. The Kier molecular flexibility index (Phi) is 5.67. The van der Waals surface area contributed by atoms with Gasteiger partial charge in [0.1, 0.15) is 11.5 Å². The number of furan rings is 2. The van der Waals surface area contributed by atoms with Crippen LogP contribution in [0.4, 0.5) is 5.95 Å². The van der Waals surface area contributed by atoms with Gasteiger partial charge in [0.25, 0.3) is 0 Å². The summed E-state index contributed by atoms with van der Waals surface area (Å²) in [4.78, 5) is 27.5. The SMILES string of the molecule is O=C(CN(Cc1ccco1)Cc1ccco1)N1CCN(c2ncccn2)CC1. The summed E-state index contributed by atoms with van der Waals surface area (Å²) in [5.41, 5.74) is 0. The molecule has 8 nitrogen and oxygen atoms in total. The Balaban J connectivity index is 1.34. The molecule has 146 valence electrons. The van der Waals surface area contributed by atoms with Crippen LogP contribution in [0.25, 0.3) is 0 Å². The van der Waals surface area contributed by atoms with E-state index in [1.54, 1.807) is 31.0 Å². The smallest absolute Gasteiger partial charge is 0.236 e. The third-order valence-corrected chi connectivity index (χ3v) is 4.75. The van der Waals surface area contributed by atoms with Crippen molar-refractivity contribution < 1.29 is 13.6 Å². The molecule has 0 aliphatic carbocycles. The zero-order valence-corrected chi connectivity index (χ0v) is 15.6. The number of amides is 1. The minimum Gasteiger partial charge on any atom is -0.468 e. The fraction of sp³-hybridized carbons (Fsp3) is 0.350. The molecular weight excluding hydrogens is 358 g/mol. The third kappa shape index (κ3) is 4.58. The van der Waals surface area contributed by atoms with Gasteiger partial charge in [0.2, 0.25) is 11.9 Å². The van der Waals surface area contributed by atoms with Gasteiger partial charge >= 0.3 is 0 Å². The maximum absolute atomic E-state index is 12.9. The first-order chi connectivity index (χ1) is 13.8. The number of hydrogen-bond acceptors (Lipinski definition) is 7. The van der Waals surface area contributed by atoms with E-state index in [9.17, 15) is 4.79 Å². The van der Waals surface area contributed by atoms with Crippen molar-refractivity contribution in [3.05, 3.63) is 66.8 Å². The standard InChI is InChI=1S/C20H23N5O3/c26-19(24-8-10-25(11-9-24)20-21-6-3-7-22-20)16-23(14-17-4-1-12-27-17)15-18-5-2-13-28-18/h1-7,12-13H,8-11,14-16H2. The number of piperazine rings is 1. The van der Waals surface area contributed by atoms with Crippen molar-refractivity contribution >= 4 is 11.9 Å². The minimum atomic E-state index is 0.103. The van der Waals surface area contributed by atoms with Crippen molar-refractivity contribution in [3.8, 4) is 0 Å². The normalized spacial score (nSPS) is 14.6. The molecule has 0 N–H and O–H groups in total. The number of carbonyl (C=O) groups is 1. The Labute approximate surface area is 163 Å². The van der Waals surface area contributed by atoms with Crippen LogP contribution < -0.4 is 4.90 Å². The highest BCUT2D eigenvalue weighted by atomic mass is 16.3. The molecule has 0 spiro atoms. The predicted molar refractivity (Wildman–Crippen MR) is 102 cm³/mol. The molecule has 1 amide bonds. The lowest BCUT2D eigenvalue weighted by atomic mass is 10.3. The zero-order valence-electron chi connectivity index (χ0n) is 15.6. The predicted octanol–water partition coefficient (Wildman–Crippen LogP) is 2.01. The highest BCUT2D eigenvalue weighted by Gasteiger charge is 2.24. The Morgan fingerprint density at radius 1 is 0.929 bits per heavy atom. The van der Waals surface area contributed by atoms with Crippen LogP contribution in [0.1, 0.15) is 11.5 Å². The summed E-state index contributed by atoms with van der Waals surface area (Å²) in [6.45, 7) is 4.19. The van der Waals surface area contributed by atoms with Crippen LogP contribution in [-0.2, 0) is 17.9 Å². The largest absolute Gasteiger partial charge is 0.468 e. The molecule has 1 aliphatic heterocycles. The summed E-state index contributed by atoms with van der Waals surface area (Å²) >= 11 is 0. The van der Waals surface area contributed by atoms with Crippen molar-refractivity contribution in [1.82, 2.24) is 19.8 Å². The van der Waals surface area contributed by atoms with Gasteiger partial charge in [-0.05, 0) is 30.3 Å². The van der Waals surface area contributed by atoms with Crippen LogP contribution in [0.15, 0.2) is 64.1 Å². The van der Waals surface area contributed by atoms with Crippen LogP contribution in [-0.4, -0.2) is 58.4 Å². The Morgan fingerprint density at radius 2 is 1.54 bits per heavy atom. The lowest BCUT2D eigenvalue weighted by Gasteiger charge is -2.35. The van der Waals surface area contributed by atoms with Gasteiger partial charge in [0.15, 0.2) is 0 Å². The fourth-order valence-corrected chi connectivity index (χ4v) is 3.32. The second kappa shape index (κ2) is 8.71. The number of rotatable bonds is 7. The molecule has 0 aromatic carbocycles. The van der Waals surface area contributed by atoms with Crippen LogP contribution in [0.2, 0.25) is 0 Å². The van der Waals surface area contributed by atoms with Crippen LogP contribution in [0.3, 0.4) is 0 Å². The van der Waals surface area contributed by atoms with Gasteiger partial charge in [-0.3, -0.25) is 9.69 Å². The zero-order chi connectivity index (χ0) is 19.2. The van der Waals surface area contributed by atoms with Crippen LogP contribution in [0, 0.1) is 0 Å². The molecule has 0 unspecified atom stereocenters. The van der Waals surface area contributed by atoms with Gasteiger partial charge in [-0.25, -0.2) is 9.97 Å². The average molecular weight is 381 g/mol. The van der Waals surface area contributed by atoms with Gasteiger partial charge in [-0.2, -0.15) is 0 Å². The average Bonchev–Trinajstić information content (AvgIpc) is 3.43. The molecule has 8 heteroatoms. The van der Waals surface area contributed by atoms with Crippen molar-refractivity contribution in [2.45, 2.75) is 13.1 Å². The summed E-state index contributed by atoms with van der Waals surface area (Å²) < 4.78 is 10.9. The van der Waals surface area contributed by atoms with E-state index in [4.69, 9.17) is 8.83 Å². The van der Waals surface area contributed by atoms with E-state index in [0.717, 1.165) is 24.6 Å². The Bertz CT molecular complexity index is 807. The topological polar surface area (TPSA) is 78.9 Å². The van der Waals surface area contributed by atoms with Gasteiger partial charge in [-0.1, -0.05) is 0 Å². The summed E-state index contributed by atoms with van der Waals surface area (Å²) in [6, 6.07) is 9.34. The summed E-state index contributed by atoms with van der Waals surface area (Å²) in [7, 11) is 0. The molecule has 1 saturated heterocycles. The van der Waals surface area contributed by atoms with E-state index in [2.05, 4.69) is 14.9 Å². The number of hydrogen-bond donors (Lipinski definition) is 0. The summed E-state index contributed by atoms with van der Waals surface area (Å²) in [6.07, 6.45) is 6.77. The molecule has 1 fully saturated rings. The van der Waals surface area contributed by atoms with Gasteiger partial charge in [-0.15, -0.1) is 0 Å². The van der Waals surface area contributed by atoms with E-state index in [1.165, 1.54) is 0 Å². The lowest BCUT2D eigenvalue weighted by Crippen LogP contribution is -2.51. The first-order valence-electron chi connectivity index (χ1n) is 9.35. The first kappa shape index (κ1) is 18.2. The molecule has 1 aliphatic rings. The number of carbonyl (C=O) groups excluding carboxylic acids is 1. The number of aromatic nitrogens is 2. The van der Waals surface area contributed by atoms with Crippen molar-refractivity contribution in [3.63, 3.8) is 0 Å². The molecule has 3 aromatic rings. The van der Waals surface area contributed by atoms with Gasteiger partial charge < -0.3 is 18.6 Å². The summed E-state index contributed by atoms with van der Waals surface area (Å²) in [5.74, 6) is 2.47. The van der Waals surface area contributed by atoms with E-state index in [1.807, 2.05) is 34.1 Å². The maximum atomic E-state index is 12.9. The monoisotopic (exact) mass is 381 g/mol. The molecule has 4 heterocycles. The highest BCUT2D eigenvalue weighted by Crippen LogP contribution is 2.13. The minimum absolute atomic E-state index is 0.103. The first-order valence-corrected chi connectivity index (χ1v) is 9.35. The maximum Gasteiger partial charge on any atom is 0.236 e. The van der Waals surface area contributed by atoms with Crippen LogP contribution >= 0.6 is 0 Å². The van der Waals surface area contributed by atoms with Crippen molar-refractivity contribution in [2.24, 2.45) is 0 Å². The number of nitrogens with zero attached hydrogens (tertiary/aromatic N) is 5. The van der Waals surface area contributed by atoms with E-state index in [0.29, 0.717) is 38.7 Å². The third-order valence-electron chi connectivity index (χ3n) is 4.75. The molecule has 0 radical (unpaired) electrons. The molecule has 28 heavy (non-hydrogen) atoms. The van der Waals surface area contributed by atoms with E-state index < -0.39 is 0 Å². The van der Waals surface area contributed by atoms with E-state index >= 15 is 0 Å². The van der Waals surface area contributed by atoms with Crippen molar-refractivity contribution in [2.75, 3.05) is 37.6 Å².